The molecule has 0 radical (unpaired) electrons. The van der Waals surface area contributed by atoms with Gasteiger partial charge in [-0.15, -0.1) is 0 Å². The monoisotopic (exact) mass is 306 g/mol. The molecule has 1 aromatic rings. The van der Waals surface area contributed by atoms with Gasteiger partial charge in [0.15, 0.2) is 11.5 Å². The molecule has 0 amide bonds. The van der Waals surface area contributed by atoms with Crippen molar-refractivity contribution in [1.82, 2.24) is 10.2 Å². The summed E-state index contributed by atoms with van der Waals surface area (Å²) in [6, 6.07) is 6.89. The van der Waals surface area contributed by atoms with Crippen LogP contribution < -0.4 is 14.8 Å². The number of hydrogen-bond donors (Lipinski definition) is 1. The van der Waals surface area contributed by atoms with Gasteiger partial charge in [0.05, 0.1) is 13.7 Å². The number of ether oxygens (including phenoxy) is 2. The molecule has 0 spiro atoms. The predicted octanol–water partition coefficient (Wildman–Crippen LogP) is 3.23. The van der Waals surface area contributed by atoms with E-state index in [4.69, 9.17) is 9.47 Å². The molecule has 4 nitrogen and oxygen atoms in total. The van der Waals surface area contributed by atoms with Gasteiger partial charge in [0.2, 0.25) is 0 Å². The standard InChI is InChI=1S/C18H30N2O2/c1-4-6-7-16(20-12-10-19-11-13-20)15-8-9-17(21-3)18(14-15)22-5-2/h8-9,14,16,19H,4-7,10-13H2,1-3H3/t16-/m0/s1. The molecule has 1 atom stereocenters. The first-order chi connectivity index (χ1) is 10.8. The zero-order valence-electron chi connectivity index (χ0n) is 14.2. The zero-order valence-corrected chi connectivity index (χ0v) is 14.2. The number of hydrogen-bond acceptors (Lipinski definition) is 4. The van der Waals surface area contributed by atoms with Crippen molar-refractivity contribution in [3.8, 4) is 11.5 Å². The van der Waals surface area contributed by atoms with E-state index in [1.54, 1.807) is 7.11 Å². The SMILES string of the molecule is CCCC[C@@H](c1ccc(OC)c(OCC)c1)N1CCNCC1. The van der Waals surface area contributed by atoms with Crippen LogP contribution in [0.25, 0.3) is 0 Å². The van der Waals surface area contributed by atoms with E-state index in [0.717, 1.165) is 37.7 Å². The summed E-state index contributed by atoms with van der Waals surface area (Å²) in [4.78, 5) is 2.60. The molecule has 1 N–H and O–H groups in total. The van der Waals surface area contributed by atoms with Crippen LogP contribution in [-0.2, 0) is 0 Å². The Morgan fingerprint density at radius 1 is 1.18 bits per heavy atom. The van der Waals surface area contributed by atoms with E-state index in [0.29, 0.717) is 12.6 Å². The van der Waals surface area contributed by atoms with Crippen molar-refractivity contribution in [2.75, 3.05) is 39.9 Å². The smallest absolute Gasteiger partial charge is 0.161 e. The minimum Gasteiger partial charge on any atom is -0.493 e. The molecule has 0 bridgehead atoms. The first-order valence-electron chi connectivity index (χ1n) is 8.55. The van der Waals surface area contributed by atoms with Crippen LogP contribution in [0, 0.1) is 0 Å². The highest BCUT2D eigenvalue weighted by Crippen LogP contribution is 2.34. The van der Waals surface area contributed by atoms with Crippen LogP contribution in [0.2, 0.25) is 0 Å². The molecule has 1 heterocycles. The van der Waals surface area contributed by atoms with Crippen molar-refractivity contribution in [1.29, 1.82) is 0 Å². The Kier molecular flexibility index (Phi) is 7.00. The molecule has 124 valence electrons. The summed E-state index contributed by atoms with van der Waals surface area (Å²) in [6.07, 6.45) is 3.69. The molecule has 1 saturated heterocycles. The molecule has 0 aliphatic carbocycles. The Bertz CT molecular complexity index is 445. The van der Waals surface area contributed by atoms with Crippen LogP contribution in [0.15, 0.2) is 18.2 Å². The molecule has 0 saturated carbocycles. The summed E-state index contributed by atoms with van der Waals surface area (Å²) < 4.78 is 11.2. The van der Waals surface area contributed by atoms with Gasteiger partial charge in [0, 0.05) is 32.2 Å². The van der Waals surface area contributed by atoms with Crippen LogP contribution in [0.5, 0.6) is 11.5 Å². The average molecular weight is 306 g/mol. The highest BCUT2D eigenvalue weighted by atomic mass is 16.5. The largest absolute Gasteiger partial charge is 0.493 e. The van der Waals surface area contributed by atoms with Crippen molar-refractivity contribution >= 4 is 0 Å². The summed E-state index contributed by atoms with van der Waals surface area (Å²) in [5.41, 5.74) is 1.35. The van der Waals surface area contributed by atoms with Crippen molar-refractivity contribution in [2.45, 2.75) is 39.2 Å². The van der Waals surface area contributed by atoms with E-state index in [9.17, 15) is 0 Å². The third-order valence-electron chi connectivity index (χ3n) is 4.30. The lowest BCUT2D eigenvalue weighted by Crippen LogP contribution is -2.45. The molecule has 4 heteroatoms. The number of unbranched alkanes of at least 4 members (excludes halogenated alkanes) is 1. The van der Waals surface area contributed by atoms with Gasteiger partial charge in [-0.05, 0) is 31.0 Å². The maximum atomic E-state index is 5.75. The fourth-order valence-electron chi connectivity index (χ4n) is 3.12. The number of methoxy groups -OCH3 is 1. The number of rotatable bonds is 8. The van der Waals surface area contributed by atoms with Crippen LogP contribution in [0.3, 0.4) is 0 Å². The number of nitrogens with one attached hydrogen (secondary N) is 1. The van der Waals surface area contributed by atoms with E-state index in [1.807, 2.05) is 13.0 Å². The summed E-state index contributed by atoms with van der Waals surface area (Å²) in [7, 11) is 1.70. The summed E-state index contributed by atoms with van der Waals surface area (Å²) in [5, 5.41) is 3.44. The Hall–Kier alpha value is -1.26. The third kappa shape index (κ3) is 4.37. The van der Waals surface area contributed by atoms with Crippen molar-refractivity contribution in [3.63, 3.8) is 0 Å². The first kappa shape index (κ1) is 17.1. The second-order valence-electron chi connectivity index (χ2n) is 5.79. The predicted molar refractivity (Wildman–Crippen MR) is 90.9 cm³/mol. The van der Waals surface area contributed by atoms with Gasteiger partial charge in [-0.1, -0.05) is 25.8 Å². The van der Waals surface area contributed by atoms with Gasteiger partial charge >= 0.3 is 0 Å². The van der Waals surface area contributed by atoms with Gasteiger partial charge in [-0.25, -0.2) is 0 Å². The van der Waals surface area contributed by atoms with Crippen molar-refractivity contribution in [2.24, 2.45) is 0 Å². The molecular formula is C18H30N2O2. The normalized spacial score (nSPS) is 17.2. The number of piperazine rings is 1. The molecule has 0 aromatic heterocycles. The van der Waals surface area contributed by atoms with Crippen LogP contribution in [0.1, 0.15) is 44.7 Å². The lowest BCUT2D eigenvalue weighted by Gasteiger charge is -2.35. The molecule has 22 heavy (non-hydrogen) atoms. The second kappa shape index (κ2) is 9.01. The Labute approximate surface area is 134 Å². The molecule has 0 unspecified atom stereocenters. The molecule has 1 fully saturated rings. The van der Waals surface area contributed by atoms with Gasteiger partial charge < -0.3 is 14.8 Å². The lowest BCUT2D eigenvalue weighted by molar-refractivity contribution is 0.162. The minimum atomic E-state index is 0.479. The highest BCUT2D eigenvalue weighted by molar-refractivity contribution is 5.44. The fraction of sp³-hybridized carbons (Fsp3) is 0.667. The van der Waals surface area contributed by atoms with Crippen molar-refractivity contribution < 1.29 is 9.47 Å². The number of benzene rings is 1. The summed E-state index contributed by atoms with van der Waals surface area (Å²) in [5.74, 6) is 1.68. The van der Waals surface area contributed by atoms with Crippen molar-refractivity contribution in [3.05, 3.63) is 23.8 Å². The molecular weight excluding hydrogens is 276 g/mol. The van der Waals surface area contributed by atoms with E-state index in [2.05, 4.69) is 29.3 Å². The second-order valence-corrected chi connectivity index (χ2v) is 5.79. The zero-order chi connectivity index (χ0) is 15.8. The average Bonchev–Trinajstić information content (AvgIpc) is 2.57. The lowest BCUT2D eigenvalue weighted by atomic mass is 9.98. The minimum absolute atomic E-state index is 0.479. The summed E-state index contributed by atoms with van der Waals surface area (Å²) in [6.45, 7) is 9.32. The topological polar surface area (TPSA) is 33.7 Å². The molecule has 1 aromatic carbocycles. The van der Waals surface area contributed by atoms with Gasteiger partial charge in [-0.2, -0.15) is 0 Å². The fourth-order valence-corrected chi connectivity index (χ4v) is 3.12. The van der Waals surface area contributed by atoms with Crippen LogP contribution in [0.4, 0.5) is 0 Å². The quantitative estimate of drug-likeness (QED) is 0.799. The van der Waals surface area contributed by atoms with E-state index in [-0.39, 0.29) is 0 Å². The maximum absolute atomic E-state index is 5.75. The van der Waals surface area contributed by atoms with Gasteiger partial charge in [0.25, 0.3) is 0 Å². The summed E-state index contributed by atoms with van der Waals surface area (Å²) >= 11 is 0. The Morgan fingerprint density at radius 3 is 2.59 bits per heavy atom. The number of nitrogens with zero attached hydrogens (tertiary/aromatic N) is 1. The Balaban J connectivity index is 2.23. The molecule has 1 aliphatic rings. The first-order valence-corrected chi connectivity index (χ1v) is 8.55. The van der Waals surface area contributed by atoms with Crippen LogP contribution >= 0.6 is 0 Å². The van der Waals surface area contributed by atoms with Gasteiger partial charge in [-0.3, -0.25) is 4.90 Å². The van der Waals surface area contributed by atoms with E-state index >= 15 is 0 Å². The van der Waals surface area contributed by atoms with Crippen LogP contribution in [-0.4, -0.2) is 44.8 Å². The molecule has 1 aliphatic heterocycles. The third-order valence-corrected chi connectivity index (χ3v) is 4.30. The Morgan fingerprint density at radius 2 is 1.95 bits per heavy atom. The van der Waals surface area contributed by atoms with E-state index < -0.39 is 0 Å². The van der Waals surface area contributed by atoms with Gasteiger partial charge in [0.1, 0.15) is 0 Å². The molecule has 2 rings (SSSR count). The van der Waals surface area contributed by atoms with E-state index in [1.165, 1.54) is 24.8 Å². The maximum Gasteiger partial charge on any atom is 0.161 e. The highest BCUT2D eigenvalue weighted by Gasteiger charge is 2.22.